The number of carbonyl (C=O) groups excluding carboxylic acids is 1. The van der Waals surface area contributed by atoms with Crippen molar-refractivity contribution in [1.29, 1.82) is 0 Å². The largest absolute Gasteiger partial charge is 0.444 e. The summed E-state index contributed by atoms with van der Waals surface area (Å²) in [5, 5.41) is 11.3. The predicted molar refractivity (Wildman–Crippen MR) is 102 cm³/mol. The molecular formula is C18H23ClFN3O3S. The number of carbonyl (C=O) groups is 1. The average Bonchev–Trinajstić information content (AvgIpc) is 2.98. The highest BCUT2D eigenvalue weighted by molar-refractivity contribution is 7.98. The predicted octanol–water partition coefficient (Wildman–Crippen LogP) is 5.38. The van der Waals surface area contributed by atoms with Crippen molar-refractivity contribution in [3.63, 3.8) is 0 Å². The number of ether oxygens (including phenoxy) is 1. The Morgan fingerprint density at radius 1 is 1.37 bits per heavy atom. The molecular weight excluding hydrogens is 393 g/mol. The van der Waals surface area contributed by atoms with Gasteiger partial charge >= 0.3 is 6.09 Å². The van der Waals surface area contributed by atoms with Gasteiger partial charge in [-0.1, -0.05) is 43.3 Å². The summed E-state index contributed by atoms with van der Waals surface area (Å²) in [4.78, 5) is 12.1. The van der Waals surface area contributed by atoms with Crippen molar-refractivity contribution in [3.8, 4) is 0 Å². The van der Waals surface area contributed by atoms with E-state index in [0.717, 1.165) is 0 Å². The van der Waals surface area contributed by atoms with Crippen LogP contribution in [0, 0.1) is 11.7 Å². The third-order valence-electron chi connectivity index (χ3n) is 3.43. The van der Waals surface area contributed by atoms with Gasteiger partial charge in [0.05, 0.1) is 0 Å². The molecule has 6 nitrogen and oxygen atoms in total. The second-order valence-electron chi connectivity index (χ2n) is 7.26. The molecule has 2 rings (SSSR count). The number of nitrogens with one attached hydrogen (secondary N) is 1. The summed E-state index contributed by atoms with van der Waals surface area (Å²) in [6, 6.07) is 4.02. The number of halogens is 2. The molecule has 27 heavy (non-hydrogen) atoms. The van der Waals surface area contributed by atoms with E-state index in [1.165, 1.54) is 17.8 Å². The minimum Gasteiger partial charge on any atom is -0.444 e. The van der Waals surface area contributed by atoms with E-state index in [1.54, 1.807) is 32.9 Å². The summed E-state index contributed by atoms with van der Waals surface area (Å²) in [7, 11) is 0. The van der Waals surface area contributed by atoms with Crippen LogP contribution >= 0.6 is 23.4 Å². The Balaban J connectivity index is 2.06. The molecule has 0 fully saturated rings. The van der Waals surface area contributed by atoms with E-state index >= 15 is 0 Å². The van der Waals surface area contributed by atoms with Crippen LogP contribution in [0.5, 0.6) is 0 Å². The first-order valence-corrected chi connectivity index (χ1v) is 9.82. The fraction of sp³-hybridized carbons (Fsp3) is 0.500. The highest BCUT2D eigenvalue weighted by atomic mass is 35.5. The third-order valence-corrected chi connectivity index (χ3v) is 4.63. The summed E-state index contributed by atoms with van der Waals surface area (Å²) in [5.74, 6) is 0.120. The molecule has 2 aromatic rings. The molecule has 9 heteroatoms. The van der Waals surface area contributed by atoms with Crippen LogP contribution in [0.4, 0.5) is 9.18 Å². The molecule has 1 N–H and O–H groups in total. The van der Waals surface area contributed by atoms with Crippen LogP contribution in [0.2, 0.25) is 5.02 Å². The van der Waals surface area contributed by atoms with Crippen molar-refractivity contribution in [2.45, 2.75) is 57.2 Å². The monoisotopic (exact) mass is 415 g/mol. The normalized spacial score (nSPS) is 12.9. The van der Waals surface area contributed by atoms with Gasteiger partial charge in [0.1, 0.15) is 17.5 Å². The molecule has 0 saturated carbocycles. The number of nitrogens with zero attached hydrogens (tertiary/aromatic N) is 2. The maximum Gasteiger partial charge on any atom is 0.408 e. The summed E-state index contributed by atoms with van der Waals surface area (Å²) in [6.07, 6.45) is -0.563. The molecule has 1 aromatic carbocycles. The molecule has 1 heterocycles. The van der Waals surface area contributed by atoms with Crippen LogP contribution < -0.4 is 5.32 Å². The van der Waals surface area contributed by atoms with Crippen LogP contribution in [0.25, 0.3) is 0 Å². The van der Waals surface area contributed by atoms with E-state index in [2.05, 4.69) is 15.5 Å². The summed E-state index contributed by atoms with van der Waals surface area (Å²) in [6.45, 7) is 9.18. The van der Waals surface area contributed by atoms with Crippen LogP contribution in [0.1, 0.15) is 52.1 Å². The lowest BCUT2D eigenvalue weighted by atomic mass is 10.1. The van der Waals surface area contributed by atoms with Crippen LogP contribution in [0.15, 0.2) is 27.8 Å². The molecule has 0 spiro atoms. The number of alkyl carbamates (subject to hydrolysis) is 1. The number of hydrogen-bond acceptors (Lipinski definition) is 6. The number of aromatic nitrogens is 2. The number of rotatable bonds is 6. The second kappa shape index (κ2) is 8.93. The van der Waals surface area contributed by atoms with E-state index in [0.29, 0.717) is 10.6 Å². The quantitative estimate of drug-likeness (QED) is 0.638. The second-order valence-corrected chi connectivity index (χ2v) is 8.60. The van der Waals surface area contributed by atoms with Crippen molar-refractivity contribution in [2.75, 3.05) is 0 Å². The fourth-order valence-electron chi connectivity index (χ4n) is 2.16. The van der Waals surface area contributed by atoms with E-state index in [9.17, 15) is 9.18 Å². The van der Waals surface area contributed by atoms with E-state index in [1.807, 2.05) is 13.8 Å². The number of amides is 1. The number of hydrogen-bond donors (Lipinski definition) is 1. The van der Waals surface area contributed by atoms with Crippen molar-refractivity contribution in [2.24, 2.45) is 5.92 Å². The Morgan fingerprint density at radius 3 is 2.67 bits per heavy atom. The average molecular weight is 416 g/mol. The molecule has 1 amide bonds. The highest BCUT2D eigenvalue weighted by Gasteiger charge is 2.27. The SMILES string of the molecule is CC(C)[C@@H](NC(=O)OC(C)(C)C)c1nnc(SCc2c(F)cccc2Cl)o1. The smallest absolute Gasteiger partial charge is 0.408 e. The fourth-order valence-corrected chi connectivity index (χ4v) is 3.27. The van der Waals surface area contributed by atoms with Crippen molar-refractivity contribution in [1.82, 2.24) is 15.5 Å². The van der Waals surface area contributed by atoms with Gasteiger partial charge < -0.3 is 14.5 Å². The van der Waals surface area contributed by atoms with Gasteiger partial charge in [-0.3, -0.25) is 0 Å². The van der Waals surface area contributed by atoms with Gasteiger partial charge in [0, 0.05) is 16.3 Å². The van der Waals surface area contributed by atoms with Gasteiger partial charge in [-0.25, -0.2) is 9.18 Å². The van der Waals surface area contributed by atoms with Crippen molar-refractivity contribution < 1.29 is 18.3 Å². The molecule has 148 valence electrons. The minimum atomic E-state index is -0.611. The number of thioether (sulfide) groups is 1. The van der Waals surface area contributed by atoms with Gasteiger partial charge in [-0.2, -0.15) is 0 Å². The molecule has 0 aliphatic carbocycles. The zero-order chi connectivity index (χ0) is 20.2. The van der Waals surface area contributed by atoms with Crippen LogP contribution in [-0.2, 0) is 10.5 Å². The Morgan fingerprint density at radius 2 is 2.07 bits per heavy atom. The maximum absolute atomic E-state index is 13.8. The zero-order valence-electron chi connectivity index (χ0n) is 15.9. The zero-order valence-corrected chi connectivity index (χ0v) is 17.4. The van der Waals surface area contributed by atoms with E-state index in [-0.39, 0.29) is 28.6 Å². The van der Waals surface area contributed by atoms with E-state index < -0.39 is 17.7 Å². The lowest BCUT2D eigenvalue weighted by molar-refractivity contribution is 0.0477. The van der Waals surface area contributed by atoms with Crippen molar-refractivity contribution >= 4 is 29.5 Å². The Labute approximate surface area is 167 Å². The first-order chi connectivity index (χ1) is 12.6. The van der Waals surface area contributed by atoms with E-state index in [4.69, 9.17) is 20.8 Å². The summed E-state index contributed by atoms with van der Waals surface area (Å²) < 4.78 is 24.8. The Kier molecular flexibility index (Phi) is 7.11. The van der Waals surface area contributed by atoms with Crippen molar-refractivity contribution in [3.05, 3.63) is 40.5 Å². The lowest BCUT2D eigenvalue weighted by Crippen LogP contribution is -2.37. The molecule has 1 atom stereocenters. The van der Waals surface area contributed by atoms with Crippen LogP contribution in [-0.4, -0.2) is 21.9 Å². The number of benzene rings is 1. The standard InChI is InChI=1S/C18H23ClFN3O3S/c1-10(2)14(21-16(24)26-18(3,4)5)15-22-23-17(25-15)27-9-11-12(19)7-6-8-13(11)20/h6-8,10,14H,9H2,1-5H3,(H,21,24)/t14-/m1/s1. The third kappa shape index (κ3) is 6.39. The highest BCUT2D eigenvalue weighted by Crippen LogP contribution is 2.30. The molecule has 0 saturated heterocycles. The summed E-state index contributed by atoms with van der Waals surface area (Å²) in [5.41, 5.74) is -0.239. The molecule has 0 aliphatic rings. The van der Waals surface area contributed by atoms with Gasteiger partial charge in [0.2, 0.25) is 5.89 Å². The van der Waals surface area contributed by atoms with Gasteiger partial charge in [-0.05, 0) is 38.8 Å². The first-order valence-electron chi connectivity index (χ1n) is 8.45. The lowest BCUT2D eigenvalue weighted by Gasteiger charge is -2.23. The minimum absolute atomic E-state index is 0.00293. The Bertz CT molecular complexity index is 772. The molecule has 0 aliphatic heterocycles. The first kappa shape index (κ1) is 21.5. The molecule has 0 bridgehead atoms. The van der Waals surface area contributed by atoms with Gasteiger partial charge in [-0.15, -0.1) is 10.2 Å². The molecule has 0 radical (unpaired) electrons. The Hall–Kier alpha value is -1.80. The van der Waals surface area contributed by atoms with Gasteiger partial charge in [0.25, 0.3) is 5.22 Å². The van der Waals surface area contributed by atoms with Crippen LogP contribution in [0.3, 0.4) is 0 Å². The topological polar surface area (TPSA) is 77.2 Å². The maximum atomic E-state index is 13.8. The summed E-state index contributed by atoms with van der Waals surface area (Å²) >= 11 is 7.19. The molecule has 1 aromatic heterocycles. The molecule has 0 unspecified atom stereocenters. The van der Waals surface area contributed by atoms with Gasteiger partial charge in [0.15, 0.2) is 0 Å².